The summed E-state index contributed by atoms with van der Waals surface area (Å²) in [4.78, 5) is 33.6. The molecular formula is C38H72O16. The number of carbonyl (C=O) groups is 3. The predicted molar refractivity (Wildman–Crippen MR) is 199 cm³/mol. The first-order valence-corrected chi connectivity index (χ1v) is 19.9. The molecule has 16 nitrogen and oxygen atoms in total. The third kappa shape index (κ3) is 46.2. The number of rotatable bonds is 46. The lowest BCUT2D eigenvalue weighted by atomic mass is 10.1. The highest BCUT2D eigenvalue weighted by Gasteiger charge is 2.05. The third-order valence-corrected chi connectivity index (χ3v) is 7.34. The Morgan fingerprint density at radius 2 is 0.537 bits per heavy atom. The number of esters is 2. The summed E-state index contributed by atoms with van der Waals surface area (Å²) >= 11 is 0. The third-order valence-electron chi connectivity index (χ3n) is 7.34. The molecule has 0 aliphatic heterocycles. The van der Waals surface area contributed by atoms with Crippen LogP contribution in [0.25, 0.3) is 0 Å². The molecule has 0 aromatic heterocycles. The van der Waals surface area contributed by atoms with Crippen molar-refractivity contribution in [1.29, 1.82) is 0 Å². The van der Waals surface area contributed by atoms with Gasteiger partial charge in [0.05, 0.1) is 132 Å². The average molecular weight is 785 g/mol. The number of unbranched alkanes of at least 4 members (excludes halogenated alkanes) is 7. The summed E-state index contributed by atoms with van der Waals surface area (Å²) in [6.45, 7) is 11.6. The van der Waals surface area contributed by atoms with Gasteiger partial charge in [0.15, 0.2) is 0 Å². The van der Waals surface area contributed by atoms with Crippen molar-refractivity contribution in [3.8, 4) is 0 Å². The number of hydrogen-bond acceptors (Lipinski definition) is 15. The van der Waals surface area contributed by atoms with Gasteiger partial charge in [-0.1, -0.05) is 45.4 Å². The smallest absolute Gasteiger partial charge is 0.305 e. The maximum absolute atomic E-state index is 11.7. The summed E-state index contributed by atoms with van der Waals surface area (Å²) in [5.41, 5.74) is 0. The normalized spacial score (nSPS) is 11.3. The van der Waals surface area contributed by atoms with Crippen molar-refractivity contribution in [3.05, 3.63) is 0 Å². The maximum atomic E-state index is 11.7. The standard InChI is InChI=1S/C38H72O16/c1-2-3-4-5-6-7-8-12-37(41)53-34-32-51-30-28-49-26-24-47-22-20-45-18-16-43-14-15-44-17-19-46-21-23-48-25-27-50-29-31-52-33-35-54-38(42)13-10-9-11-36(39)40/h2-35H2,1H3,(H,39,40). The second-order valence-corrected chi connectivity index (χ2v) is 12.0. The molecule has 0 radical (unpaired) electrons. The molecule has 0 saturated carbocycles. The monoisotopic (exact) mass is 784 g/mol. The van der Waals surface area contributed by atoms with Crippen LogP contribution in [0, 0.1) is 0 Å². The zero-order chi connectivity index (χ0) is 39.3. The predicted octanol–water partition coefficient (Wildman–Crippen LogP) is 4.02. The van der Waals surface area contributed by atoms with E-state index in [1.165, 1.54) is 32.1 Å². The Balaban J connectivity index is 3.14. The molecular weight excluding hydrogens is 712 g/mol. The molecule has 0 aromatic rings. The maximum Gasteiger partial charge on any atom is 0.305 e. The number of carboxylic acid groups (broad SMARTS) is 1. The van der Waals surface area contributed by atoms with Gasteiger partial charge in [0.1, 0.15) is 13.2 Å². The number of ether oxygens (including phenoxy) is 12. The van der Waals surface area contributed by atoms with Crippen LogP contribution >= 0.6 is 0 Å². The zero-order valence-electron chi connectivity index (χ0n) is 33.1. The van der Waals surface area contributed by atoms with Crippen molar-refractivity contribution in [3.63, 3.8) is 0 Å². The lowest BCUT2D eigenvalue weighted by Gasteiger charge is -2.09. The van der Waals surface area contributed by atoms with Crippen LogP contribution in [0.1, 0.15) is 84.0 Å². The minimum Gasteiger partial charge on any atom is -0.481 e. The average Bonchev–Trinajstić information content (AvgIpc) is 3.16. The minimum absolute atomic E-state index is 0.0573. The minimum atomic E-state index is -0.865. The van der Waals surface area contributed by atoms with Gasteiger partial charge >= 0.3 is 17.9 Å². The molecule has 0 aliphatic carbocycles. The first-order valence-electron chi connectivity index (χ1n) is 19.9. The van der Waals surface area contributed by atoms with Gasteiger partial charge in [0.25, 0.3) is 0 Å². The van der Waals surface area contributed by atoms with Crippen molar-refractivity contribution < 1.29 is 76.3 Å². The molecule has 0 unspecified atom stereocenters. The topological polar surface area (TPSA) is 182 Å². The Bertz CT molecular complexity index is 803. The Morgan fingerprint density at radius 1 is 0.315 bits per heavy atom. The van der Waals surface area contributed by atoms with E-state index in [-0.39, 0.29) is 44.6 Å². The summed E-state index contributed by atoms with van der Waals surface area (Å²) < 4.78 is 64.7. The molecule has 0 bridgehead atoms. The van der Waals surface area contributed by atoms with Crippen molar-refractivity contribution in [1.82, 2.24) is 0 Å². The first-order chi connectivity index (χ1) is 26.6. The number of carbonyl (C=O) groups excluding carboxylic acids is 2. The van der Waals surface area contributed by atoms with E-state index < -0.39 is 5.97 Å². The van der Waals surface area contributed by atoms with E-state index in [0.29, 0.717) is 145 Å². The van der Waals surface area contributed by atoms with Crippen LogP contribution in [-0.2, 0) is 71.2 Å². The summed E-state index contributed by atoms with van der Waals surface area (Å²) in [5, 5.41) is 8.56. The fourth-order valence-corrected chi connectivity index (χ4v) is 4.43. The van der Waals surface area contributed by atoms with E-state index in [1.807, 2.05) is 0 Å². The zero-order valence-corrected chi connectivity index (χ0v) is 33.1. The summed E-state index contributed by atoms with van der Waals surface area (Å²) in [7, 11) is 0. The van der Waals surface area contributed by atoms with Crippen LogP contribution in [-0.4, -0.2) is 168 Å². The molecule has 1 N–H and O–H groups in total. The Hall–Kier alpha value is -1.99. The van der Waals surface area contributed by atoms with Crippen molar-refractivity contribution in [2.45, 2.75) is 84.0 Å². The van der Waals surface area contributed by atoms with Crippen LogP contribution in [0.15, 0.2) is 0 Å². The molecule has 0 atom stereocenters. The molecule has 0 aromatic carbocycles. The van der Waals surface area contributed by atoms with Gasteiger partial charge in [-0.05, 0) is 19.3 Å². The van der Waals surface area contributed by atoms with Crippen LogP contribution in [0.2, 0.25) is 0 Å². The van der Waals surface area contributed by atoms with Gasteiger partial charge in [0, 0.05) is 19.3 Å². The van der Waals surface area contributed by atoms with Crippen molar-refractivity contribution in [2.24, 2.45) is 0 Å². The molecule has 0 rings (SSSR count). The van der Waals surface area contributed by atoms with Crippen LogP contribution in [0.5, 0.6) is 0 Å². The van der Waals surface area contributed by atoms with Gasteiger partial charge in [-0.3, -0.25) is 14.4 Å². The molecule has 0 saturated heterocycles. The molecule has 0 amide bonds. The van der Waals surface area contributed by atoms with Crippen molar-refractivity contribution >= 4 is 17.9 Å². The summed E-state index contributed by atoms with van der Waals surface area (Å²) in [6, 6.07) is 0. The second kappa shape index (κ2) is 45.4. The molecule has 54 heavy (non-hydrogen) atoms. The van der Waals surface area contributed by atoms with E-state index in [4.69, 9.17) is 61.9 Å². The van der Waals surface area contributed by atoms with Gasteiger partial charge in [0.2, 0.25) is 0 Å². The lowest BCUT2D eigenvalue weighted by molar-refractivity contribution is -0.146. The highest BCUT2D eigenvalue weighted by molar-refractivity contribution is 5.70. The highest BCUT2D eigenvalue weighted by atomic mass is 16.6. The Morgan fingerprint density at radius 3 is 0.815 bits per heavy atom. The van der Waals surface area contributed by atoms with Gasteiger partial charge in [-0.2, -0.15) is 0 Å². The number of carboxylic acids is 1. The van der Waals surface area contributed by atoms with Crippen LogP contribution < -0.4 is 0 Å². The summed E-state index contributed by atoms with van der Waals surface area (Å²) in [6.07, 6.45) is 9.96. The van der Waals surface area contributed by atoms with Gasteiger partial charge < -0.3 is 61.9 Å². The Labute approximate surface area is 323 Å². The second-order valence-electron chi connectivity index (χ2n) is 12.0. The van der Waals surface area contributed by atoms with E-state index in [9.17, 15) is 14.4 Å². The van der Waals surface area contributed by atoms with Crippen LogP contribution in [0.3, 0.4) is 0 Å². The Kier molecular flexibility index (Phi) is 43.7. The molecule has 16 heteroatoms. The molecule has 320 valence electrons. The fourth-order valence-electron chi connectivity index (χ4n) is 4.43. The molecule has 0 heterocycles. The fraction of sp³-hybridized carbons (Fsp3) is 0.921. The van der Waals surface area contributed by atoms with E-state index in [0.717, 1.165) is 12.8 Å². The van der Waals surface area contributed by atoms with Gasteiger partial charge in [-0.25, -0.2) is 0 Å². The SMILES string of the molecule is CCCCCCCCCC(=O)OCCOCCOCCOCCOCCOCCOCCOCCOCCOCCOCCOC(=O)CCCCC(=O)O. The highest BCUT2D eigenvalue weighted by Crippen LogP contribution is 2.09. The summed E-state index contributed by atoms with van der Waals surface area (Å²) in [5.74, 6) is -1.36. The van der Waals surface area contributed by atoms with Gasteiger partial charge in [-0.15, -0.1) is 0 Å². The lowest BCUT2D eigenvalue weighted by Crippen LogP contribution is -2.16. The molecule has 0 aliphatic rings. The van der Waals surface area contributed by atoms with E-state index in [2.05, 4.69) is 6.92 Å². The first kappa shape index (κ1) is 52.0. The van der Waals surface area contributed by atoms with Crippen molar-refractivity contribution in [2.75, 3.05) is 145 Å². The molecule has 0 spiro atoms. The largest absolute Gasteiger partial charge is 0.481 e. The number of aliphatic carboxylic acids is 1. The molecule has 0 fully saturated rings. The number of hydrogen-bond donors (Lipinski definition) is 1. The quantitative estimate of drug-likeness (QED) is 0.0690. The van der Waals surface area contributed by atoms with Crippen LogP contribution in [0.4, 0.5) is 0 Å². The van der Waals surface area contributed by atoms with E-state index >= 15 is 0 Å². The van der Waals surface area contributed by atoms with E-state index in [1.54, 1.807) is 0 Å².